The summed E-state index contributed by atoms with van der Waals surface area (Å²) in [5, 5.41) is 3.48. The van der Waals surface area contributed by atoms with E-state index in [-0.39, 0.29) is 17.5 Å². The van der Waals surface area contributed by atoms with Gasteiger partial charge in [-0.15, -0.1) is 0 Å². The fourth-order valence-electron chi connectivity index (χ4n) is 3.58. The molecule has 2 aromatic heterocycles. The number of carbonyl (C=O) groups is 2. The molecule has 6 heteroatoms. The van der Waals surface area contributed by atoms with Gasteiger partial charge in [-0.2, -0.15) is 0 Å². The number of nitrogens with zero attached hydrogens (tertiary/aromatic N) is 1. The second kappa shape index (κ2) is 6.78. The Morgan fingerprint density at radius 3 is 2.82 bits per heavy atom. The van der Waals surface area contributed by atoms with Crippen molar-refractivity contribution >= 4 is 22.7 Å². The first-order valence-electron chi connectivity index (χ1n) is 9.38. The number of rotatable bonds is 4. The van der Waals surface area contributed by atoms with Crippen LogP contribution in [-0.4, -0.2) is 22.3 Å². The van der Waals surface area contributed by atoms with E-state index < -0.39 is 5.60 Å². The highest BCUT2D eigenvalue weighted by Gasteiger charge is 2.37. The molecule has 1 amide bonds. The highest BCUT2D eigenvalue weighted by molar-refractivity contribution is 6.13. The normalized spacial score (nSPS) is 18.6. The van der Waals surface area contributed by atoms with E-state index >= 15 is 0 Å². The van der Waals surface area contributed by atoms with E-state index in [1.54, 1.807) is 25.3 Å². The monoisotopic (exact) mass is 378 g/mol. The Kier molecular flexibility index (Phi) is 4.41. The van der Waals surface area contributed by atoms with Gasteiger partial charge in [0.1, 0.15) is 16.9 Å². The number of amides is 1. The number of ketones is 1. The molecule has 0 spiro atoms. The Labute approximate surface area is 162 Å². The Morgan fingerprint density at radius 2 is 2.11 bits per heavy atom. The number of hydrogen-bond donors (Lipinski definition) is 1. The number of pyridine rings is 1. The minimum absolute atomic E-state index is 0.0144. The van der Waals surface area contributed by atoms with Crippen molar-refractivity contribution in [3.8, 4) is 5.75 Å². The Morgan fingerprint density at radius 1 is 1.29 bits per heavy atom. The first kappa shape index (κ1) is 18.2. The molecule has 0 aliphatic carbocycles. The van der Waals surface area contributed by atoms with Crippen molar-refractivity contribution < 1.29 is 18.7 Å². The number of nitrogens with one attached hydrogen (secondary N) is 1. The molecule has 1 aliphatic rings. The van der Waals surface area contributed by atoms with Crippen LogP contribution in [0.25, 0.3) is 11.0 Å². The van der Waals surface area contributed by atoms with Crippen molar-refractivity contribution in [1.82, 2.24) is 10.3 Å². The lowest BCUT2D eigenvalue weighted by molar-refractivity contribution is 0.0503. The largest absolute Gasteiger partial charge is 0.486 e. The topological polar surface area (TPSA) is 81.4 Å². The fourth-order valence-corrected chi connectivity index (χ4v) is 3.58. The van der Waals surface area contributed by atoms with Crippen molar-refractivity contribution in [3.05, 3.63) is 59.1 Å². The summed E-state index contributed by atoms with van der Waals surface area (Å²) in [5.41, 5.74) is 1.91. The smallest absolute Gasteiger partial charge is 0.287 e. The summed E-state index contributed by atoms with van der Waals surface area (Å²) in [5.74, 6) is 0.435. The number of furan rings is 1. The molecule has 0 saturated heterocycles. The number of benzene rings is 1. The van der Waals surface area contributed by atoms with Gasteiger partial charge in [0.2, 0.25) is 0 Å². The standard InChI is InChI=1S/C22H22N2O4/c1-4-22(3)11-15(25)19-17(28-22)9-8-16-18(19)13(2)20(27-16)21(26)24-12-14-7-5-6-10-23-14/h5-10H,4,11-12H2,1-3H3,(H,24,26). The van der Waals surface area contributed by atoms with Gasteiger partial charge in [0.25, 0.3) is 5.91 Å². The van der Waals surface area contributed by atoms with E-state index in [0.29, 0.717) is 40.8 Å². The van der Waals surface area contributed by atoms with Gasteiger partial charge in [-0.25, -0.2) is 0 Å². The first-order valence-corrected chi connectivity index (χ1v) is 9.38. The summed E-state index contributed by atoms with van der Waals surface area (Å²) >= 11 is 0. The lowest BCUT2D eigenvalue weighted by atomic mass is 9.87. The number of aryl methyl sites for hydroxylation is 1. The van der Waals surface area contributed by atoms with Crippen molar-refractivity contribution in [2.45, 2.75) is 45.8 Å². The number of Topliss-reactive ketones (excluding diaryl/α,β-unsaturated/α-hetero) is 1. The number of hydrogen-bond acceptors (Lipinski definition) is 5. The van der Waals surface area contributed by atoms with Gasteiger partial charge in [-0.05, 0) is 44.5 Å². The third-order valence-electron chi connectivity index (χ3n) is 5.34. The molecular formula is C22H22N2O4. The van der Waals surface area contributed by atoms with Crippen LogP contribution in [0.4, 0.5) is 0 Å². The van der Waals surface area contributed by atoms with Crippen molar-refractivity contribution in [2.24, 2.45) is 0 Å². The van der Waals surface area contributed by atoms with Crippen LogP contribution in [0.2, 0.25) is 0 Å². The van der Waals surface area contributed by atoms with Gasteiger partial charge < -0.3 is 14.5 Å². The van der Waals surface area contributed by atoms with Crippen LogP contribution in [0, 0.1) is 6.92 Å². The van der Waals surface area contributed by atoms with Crippen LogP contribution in [0.5, 0.6) is 5.75 Å². The third-order valence-corrected chi connectivity index (χ3v) is 5.34. The molecule has 28 heavy (non-hydrogen) atoms. The van der Waals surface area contributed by atoms with Gasteiger partial charge in [0.15, 0.2) is 11.5 Å². The van der Waals surface area contributed by atoms with E-state index in [9.17, 15) is 9.59 Å². The molecule has 1 atom stereocenters. The molecule has 1 N–H and O–H groups in total. The van der Waals surface area contributed by atoms with Gasteiger partial charge in [-0.1, -0.05) is 13.0 Å². The molecule has 1 aromatic carbocycles. The molecule has 0 bridgehead atoms. The Bertz CT molecular complexity index is 1070. The summed E-state index contributed by atoms with van der Waals surface area (Å²) in [6.07, 6.45) is 2.72. The Balaban J connectivity index is 1.69. The number of carbonyl (C=O) groups excluding carboxylic acids is 2. The minimum Gasteiger partial charge on any atom is -0.486 e. The van der Waals surface area contributed by atoms with Crippen LogP contribution < -0.4 is 10.1 Å². The third kappa shape index (κ3) is 3.05. The van der Waals surface area contributed by atoms with E-state index in [0.717, 1.165) is 12.1 Å². The molecule has 0 saturated carbocycles. The van der Waals surface area contributed by atoms with E-state index in [1.165, 1.54) is 0 Å². The summed E-state index contributed by atoms with van der Waals surface area (Å²) in [6.45, 7) is 6.04. The van der Waals surface area contributed by atoms with Gasteiger partial charge in [-0.3, -0.25) is 14.6 Å². The minimum atomic E-state index is -0.502. The fraction of sp³-hybridized carbons (Fsp3) is 0.318. The maximum absolute atomic E-state index is 12.9. The van der Waals surface area contributed by atoms with E-state index in [1.807, 2.05) is 32.0 Å². The van der Waals surface area contributed by atoms with E-state index in [2.05, 4.69) is 10.3 Å². The predicted molar refractivity (Wildman–Crippen MR) is 105 cm³/mol. The van der Waals surface area contributed by atoms with Gasteiger partial charge in [0.05, 0.1) is 24.2 Å². The summed E-state index contributed by atoms with van der Waals surface area (Å²) < 4.78 is 11.9. The van der Waals surface area contributed by atoms with Crippen molar-refractivity contribution in [3.63, 3.8) is 0 Å². The lowest BCUT2D eigenvalue weighted by Gasteiger charge is -2.34. The SMILES string of the molecule is CCC1(C)CC(=O)c2c(ccc3oc(C(=O)NCc4ccccn4)c(C)c23)O1. The molecule has 3 heterocycles. The molecule has 6 nitrogen and oxygen atoms in total. The lowest BCUT2D eigenvalue weighted by Crippen LogP contribution is -2.38. The highest BCUT2D eigenvalue weighted by atomic mass is 16.5. The van der Waals surface area contributed by atoms with Crippen molar-refractivity contribution in [1.29, 1.82) is 0 Å². The van der Waals surface area contributed by atoms with Crippen LogP contribution >= 0.6 is 0 Å². The van der Waals surface area contributed by atoms with Crippen molar-refractivity contribution in [2.75, 3.05) is 0 Å². The molecule has 4 rings (SSSR count). The molecule has 0 fully saturated rings. The molecule has 3 aromatic rings. The zero-order chi connectivity index (χ0) is 19.9. The molecule has 1 aliphatic heterocycles. The zero-order valence-corrected chi connectivity index (χ0v) is 16.2. The summed E-state index contributed by atoms with van der Waals surface area (Å²) in [7, 11) is 0. The average Bonchev–Trinajstić information content (AvgIpc) is 3.03. The molecule has 1 unspecified atom stereocenters. The maximum atomic E-state index is 12.9. The summed E-state index contributed by atoms with van der Waals surface area (Å²) in [4.78, 5) is 29.7. The average molecular weight is 378 g/mol. The zero-order valence-electron chi connectivity index (χ0n) is 16.2. The number of ether oxygens (including phenoxy) is 1. The first-order chi connectivity index (χ1) is 13.4. The number of fused-ring (bicyclic) bond motifs is 3. The second-order valence-corrected chi connectivity index (χ2v) is 7.38. The molecule has 0 radical (unpaired) electrons. The van der Waals surface area contributed by atoms with Crippen LogP contribution in [0.3, 0.4) is 0 Å². The van der Waals surface area contributed by atoms with E-state index in [4.69, 9.17) is 9.15 Å². The van der Waals surface area contributed by atoms with Gasteiger partial charge >= 0.3 is 0 Å². The maximum Gasteiger partial charge on any atom is 0.287 e. The van der Waals surface area contributed by atoms with Gasteiger partial charge in [0, 0.05) is 17.1 Å². The number of aromatic nitrogens is 1. The Hall–Kier alpha value is -3.15. The molecule has 144 valence electrons. The second-order valence-electron chi connectivity index (χ2n) is 7.38. The van der Waals surface area contributed by atoms with Crippen LogP contribution in [0.15, 0.2) is 40.9 Å². The highest BCUT2D eigenvalue weighted by Crippen LogP contribution is 2.41. The molecular weight excluding hydrogens is 356 g/mol. The van der Waals surface area contributed by atoms with Crippen LogP contribution in [-0.2, 0) is 6.54 Å². The van der Waals surface area contributed by atoms with Crippen LogP contribution in [0.1, 0.15) is 58.9 Å². The summed E-state index contributed by atoms with van der Waals surface area (Å²) in [6, 6.07) is 9.03. The predicted octanol–water partition coefficient (Wildman–Crippen LogP) is 4.20. The quantitative estimate of drug-likeness (QED) is 0.736.